The van der Waals surface area contributed by atoms with Crippen molar-refractivity contribution in [3.63, 3.8) is 0 Å². The Bertz CT molecular complexity index is 1330. The van der Waals surface area contributed by atoms with Crippen LogP contribution in [0.25, 0.3) is 11.6 Å². The van der Waals surface area contributed by atoms with Crippen LogP contribution < -0.4 is 5.32 Å². The highest BCUT2D eigenvalue weighted by atomic mass is 79.9. The molecule has 1 amide bonds. The number of nitrogens with one attached hydrogen (secondary N) is 1. The molecule has 8 nitrogen and oxygen atoms in total. The summed E-state index contributed by atoms with van der Waals surface area (Å²) in [4.78, 5) is 16.2. The maximum absolute atomic E-state index is 14.7. The van der Waals surface area contributed by atoms with E-state index in [2.05, 4.69) is 43.0 Å². The first-order valence-corrected chi connectivity index (χ1v) is 13.1. The summed E-state index contributed by atoms with van der Waals surface area (Å²) in [6, 6.07) is 0.521. The number of pyridine rings is 1. The van der Waals surface area contributed by atoms with Gasteiger partial charge in [0, 0.05) is 0 Å². The van der Waals surface area contributed by atoms with Crippen molar-refractivity contribution in [3.05, 3.63) is 58.6 Å². The third-order valence-corrected chi connectivity index (χ3v) is 6.21. The van der Waals surface area contributed by atoms with Crippen molar-refractivity contribution >= 4 is 27.7 Å². The summed E-state index contributed by atoms with van der Waals surface area (Å²) in [5, 5.41) is 9.34. The number of rotatable bonds is 9. The fourth-order valence-electron chi connectivity index (χ4n) is 3.72. The molecule has 0 aliphatic heterocycles. The Kier molecular flexibility index (Phi) is 9.73. The van der Waals surface area contributed by atoms with Gasteiger partial charge in [0.05, 0.1) is 17.9 Å². The van der Waals surface area contributed by atoms with Crippen LogP contribution in [0.3, 0.4) is 0 Å². The summed E-state index contributed by atoms with van der Waals surface area (Å²) in [6.07, 6.45) is -4.10. The molecule has 3 rings (SSSR count). The number of hydrogen-bond donors (Lipinski definition) is 1. The lowest BCUT2D eigenvalue weighted by Crippen LogP contribution is -2.45. The Morgan fingerprint density at radius 2 is 1.88 bits per heavy atom. The van der Waals surface area contributed by atoms with Crippen molar-refractivity contribution in [2.24, 2.45) is 0 Å². The van der Waals surface area contributed by atoms with E-state index in [0.29, 0.717) is 18.1 Å². The Morgan fingerprint density at radius 3 is 2.44 bits per heavy atom. The van der Waals surface area contributed by atoms with E-state index in [1.54, 1.807) is 18.2 Å². The Balaban J connectivity index is 2.12. The lowest BCUT2D eigenvalue weighted by molar-refractivity contribution is -0.292. The number of carbonyl (C=O) groups is 1. The molecule has 15 heteroatoms. The number of nitrogens with zero attached hydrogens (tertiary/aromatic N) is 3. The summed E-state index contributed by atoms with van der Waals surface area (Å²) < 4.78 is 100. The molecule has 0 saturated carbocycles. The van der Waals surface area contributed by atoms with Gasteiger partial charge in [-0.2, -0.15) is 26.3 Å². The topological polar surface area (TPSA) is 99.4 Å². The molecule has 1 aliphatic carbocycles. The average Bonchev–Trinajstić information content (AvgIpc) is 3.33. The van der Waals surface area contributed by atoms with Gasteiger partial charge in [-0.05, 0) is 74.0 Å². The van der Waals surface area contributed by atoms with E-state index >= 15 is 0 Å². The minimum Gasteiger partial charge on any atom is -0.444 e. The van der Waals surface area contributed by atoms with Crippen LogP contribution in [-0.4, -0.2) is 39.7 Å². The molecule has 2 aromatic heterocycles. The Morgan fingerprint density at radius 1 is 1.17 bits per heavy atom. The average molecular weight is 653 g/mol. The summed E-state index contributed by atoms with van der Waals surface area (Å²) in [5.41, 5.74) is -5.99. The first kappa shape index (κ1) is 32.3. The first-order chi connectivity index (χ1) is 19.0. The van der Waals surface area contributed by atoms with Crippen LogP contribution in [0.2, 0.25) is 0 Å². The molecular formula is C26H27BrF6N4O4. The van der Waals surface area contributed by atoms with Crippen LogP contribution in [-0.2, 0) is 21.3 Å². The second-order valence-electron chi connectivity index (χ2n) is 9.96. The molecule has 1 atom stereocenters. The summed E-state index contributed by atoms with van der Waals surface area (Å²) in [7, 11) is 0. The minimum absolute atomic E-state index is 0.151. The number of amides is 1. The van der Waals surface area contributed by atoms with E-state index in [4.69, 9.17) is 13.9 Å². The van der Waals surface area contributed by atoms with Gasteiger partial charge in [0.2, 0.25) is 5.60 Å². The predicted molar refractivity (Wildman–Crippen MR) is 140 cm³/mol. The van der Waals surface area contributed by atoms with Gasteiger partial charge in [-0.25, -0.2) is 9.78 Å². The highest BCUT2D eigenvalue weighted by Crippen LogP contribution is 2.47. The summed E-state index contributed by atoms with van der Waals surface area (Å²) in [5.74, 6) is -1.70. The largest absolute Gasteiger partial charge is 0.444 e. The summed E-state index contributed by atoms with van der Waals surface area (Å²) >= 11 is 2.72. The van der Waals surface area contributed by atoms with Crippen molar-refractivity contribution in [3.8, 4) is 11.6 Å². The number of allylic oxidation sites excluding steroid dienone is 3. The van der Waals surface area contributed by atoms with Gasteiger partial charge in [0.25, 0.3) is 11.8 Å². The minimum atomic E-state index is -5.05. The monoisotopic (exact) mass is 652 g/mol. The number of halogens is 7. The molecule has 0 aromatic carbocycles. The van der Waals surface area contributed by atoms with Crippen LogP contribution in [0.5, 0.6) is 0 Å². The number of alkyl halides is 6. The van der Waals surface area contributed by atoms with Crippen molar-refractivity contribution in [1.82, 2.24) is 15.2 Å². The van der Waals surface area contributed by atoms with Gasteiger partial charge in [-0.3, -0.25) is 5.32 Å². The molecule has 2 aromatic rings. The lowest BCUT2D eigenvalue weighted by Gasteiger charge is -2.32. The number of hydrogen-bond acceptors (Lipinski definition) is 7. The SMILES string of the molecule is C=CCCC(OCC1=CCCC=C1)(c1nnc(-c2nc(Br)c(C(F)(F)F)cc2NC(=O)OC(C)(C)C)o1)C(F)(F)F. The number of anilines is 1. The fraction of sp³-hybridized carbons (Fsp3) is 0.462. The van der Waals surface area contributed by atoms with Crippen molar-refractivity contribution in [1.29, 1.82) is 0 Å². The molecule has 0 spiro atoms. The molecule has 1 aliphatic rings. The van der Waals surface area contributed by atoms with Crippen molar-refractivity contribution in [2.75, 3.05) is 11.9 Å². The molecule has 0 bridgehead atoms. The zero-order valence-corrected chi connectivity index (χ0v) is 23.8. The molecule has 0 radical (unpaired) electrons. The molecule has 2 heterocycles. The van der Waals surface area contributed by atoms with E-state index < -0.39 is 76.0 Å². The highest BCUT2D eigenvalue weighted by molar-refractivity contribution is 9.10. The second kappa shape index (κ2) is 12.3. The van der Waals surface area contributed by atoms with Gasteiger partial charge in [-0.1, -0.05) is 24.3 Å². The first-order valence-electron chi connectivity index (χ1n) is 12.3. The molecule has 1 unspecified atom stereocenters. The Labute approximate surface area is 240 Å². The van der Waals surface area contributed by atoms with Crippen LogP contribution in [0.4, 0.5) is 36.8 Å². The van der Waals surface area contributed by atoms with Crippen molar-refractivity contribution < 1.29 is 45.0 Å². The van der Waals surface area contributed by atoms with Gasteiger partial charge in [-0.15, -0.1) is 16.8 Å². The second-order valence-corrected chi connectivity index (χ2v) is 10.7. The standard InChI is InChI=1S/C26H27BrF6N4O4/c1-5-6-12-24(26(31,32)33,39-14-15-10-8-7-9-11-15)21-37-36-20(40-21)18-17(34-22(38)41-23(2,3)4)13-16(19(27)35-18)25(28,29)30/h5,8,10-11,13H,1,6-7,9,12,14H2,2-4H3,(H,34,38). The number of ether oxygens (including phenoxy) is 2. The fourth-order valence-corrected chi connectivity index (χ4v) is 4.23. The maximum atomic E-state index is 14.7. The van der Waals surface area contributed by atoms with Crippen LogP contribution >= 0.6 is 15.9 Å². The van der Waals surface area contributed by atoms with E-state index in [-0.39, 0.29) is 6.42 Å². The molecule has 0 fully saturated rings. The van der Waals surface area contributed by atoms with Gasteiger partial charge >= 0.3 is 18.4 Å². The molecule has 1 N–H and O–H groups in total. The van der Waals surface area contributed by atoms with Gasteiger partial charge < -0.3 is 13.9 Å². The van der Waals surface area contributed by atoms with E-state index in [9.17, 15) is 31.1 Å². The maximum Gasteiger partial charge on any atom is 0.426 e. The normalized spacial score (nSPS) is 15.7. The zero-order valence-electron chi connectivity index (χ0n) is 22.2. The highest BCUT2D eigenvalue weighted by Gasteiger charge is 2.61. The third-order valence-electron chi connectivity index (χ3n) is 5.61. The molecular weight excluding hydrogens is 626 g/mol. The predicted octanol–water partition coefficient (Wildman–Crippen LogP) is 8.28. The molecule has 0 saturated heterocycles. The number of carbonyl (C=O) groups excluding carboxylic acids is 1. The Hall–Kier alpha value is -3.20. The van der Waals surface area contributed by atoms with E-state index in [1.165, 1.54) is 26.8 Å². The van der Waals surface area contributed by atoms with Gasteiger partial charge in [0.1, 0.15) is 10.2 Å². The van der Waals surface area contributed by atoms with E-state index in [1.807, 2.05) is 0 Å². The van der Waals surface area contributed by atoms with Gasteiger partial charge in [0.15, 0.2) is 5.69 Å². The summed E-state index contributed by atoms with van der Waals surface area (Å²) in [6.45, 7) is 7.62. The third kappa shape index (κ3) is 7.97. The van der Waals surface area contributed by atoms with E-state index in [0.717, 1.165) is 6.42 Å². The van der Waals surface area contributed by atoms with Crippen LogP contribution in [0, 0.1) is 0 Å². The van der Waals surface area contributed by atoms with Crippen molar-refractivity contribution in [2.45, 2.75) is 70.0 Å². The smallest absolute Gasteiger partial charge is 0.426 e. The zero-order chi connectivity index (χ0) is 30.6. The quantitative estimate of drug-likeness (QED) is 0.165. The van der Waals surface area contributed by atoms with Crippen LogP contribution in [0.1, 0.15) is 57.9 Å². The molecule has 41 heavy (non-hydrogen) atoms. The lowest BCUT2D eigenvalue weighted by atomic mass is 9.95. The van der Waals surface area contributed by atoms with Crippen LogP contribution in [0.15, 0.2) is 51.5 Å². The number of aromatic nitrogens is 3. The molecule has 224 valence electrons.